The lowest BCUT2D eigenvalue weighted by molar-refractivity contribution is -0.231. The van der Waals surface area contributed by atoms with Gasteiger partial charge in [0.25, 0.3) is 17.6 Å². The first-order chi connectivity index (χ1) is 65.6. The lowest BCUT2D eigenvalue weighted by atomic mass is 9.77. The summed E-state index contributed by atoms with van der Waals surface area (Å²) in [5, 5.41) is 58.9. The molecule has 2 amide bonds. The van der Waals surface area contributed by atoms with Gasteiger partial charge in [0, 0.05) is 105 Å². The molecular weight excluding hydrogens is 1770 g/mol. The van der Waals surface area contributed by atoms with Gasteiger partial charge in [0.15, 0.2) is 5.78 Å². The maximum Gasteiger partial charge on any atom is 0.329 e. The topological polar surface area (TPSA) is 400 Å². The zero-order valence-electron chi connectivity index (χ0n) is 85.9. The molecule has 0 radical (unpaired) electrons. The second-order valence-electron chi connectivity index (χ2n) is 41.3. The molecule has 4 bridgehead atoms. The maximum atomic E-state index is 14.7. The van der Waals surface area contributed by atoms with Gasteiger partial charge in [0.1, 0.15) is 78.5 Å². The fraction of sp³-hybridized carbons (Fsp3) is 0.726. The van der Waals surface area contributed by atoms with Crippen LogP contribution in [0.4, 0.5) is 0 Å². The van der Waals surface area contributed by atoms with Crippen molar-refractivity contribution < 1.29 is 106 Å². The van der Waals surface area contributed by atoms with Crippen LogP contribution in [-0.4, -0.2) is 271 Å². The van der Waals surface area contributed by atoms with Gasteiger partial charge in [-0.2, -0.15) is 0 Å². The molecule has 0 aromatic carbocycles. The maximum absolute atomic E-state index is 14.7. The molecule has 8 heterocycles. The first kappa shape index (κ1) is 113. The Morgan fingerprint density at radius 2 is 0.942 bits per heavy atom. The van der Waals surface area contributed by atoms with Crippen LogP contribution in [0.2, 0.25) is 0 Å². The van der Waals surface area contributed by atoms with E-state index in [1.165, 1.54) is 16.9 Å². The molecule has 30 atom stereocenters. The summed E-state index contributed by atoms with van der Waals surface area (Å²) in [6, 6.07) is -2.24. The summed E-state index contributed by atoms with van der Waals surface area (Å²) in [6.45, 7) is 32.8. The van der Waals surface area contributed by atoms with E-state index in [2.05, 4.69) is 57.6 Å². The molecule has 4 saturated heterocycles. The third-order valence-electron chi connectivity index (χ3n) is 30.9. The Morgan fingerprint density at radius 3 is 1.40 bits per heavy atom. The molecule has 2 saturated carbocycles. The monoisotopic (exact) mass is 1930 g/mol. The Balaban J connectivity index is 0.000000309. The van der Waals surface area contributed by atoms with E-state index in [9.17, 15) is 58.5 Å². The van der Waals surface area contributed by atoms with Crippen molar-refractivity contribution in [3.63, 3.8) is 0 Å². The Morgan fingerprint density at radius 1 is 0.493 bits per heavy atom. The number of amides is 2. The van der Waals surface area contributed by atoms with Gasteiger partial charge in [-0.25, -0.2) is 19.0 Å². The second kappa shape index (κ2) is 53.6. The van der Waals surface area contributed by atoms with Crippen LogP contribution in [0.5, 0.6) is 0 Å². The number of Topliss-reactive ketones (excluding diaryl/α,β-unsaturated/α-hetero) is 5. The summed E-state index contributed by atoms with van der Waals surface area (Å²) in [7, 11) is 9.51. The third kappa shape index (κ3) is 29.9. The summed E-state index contributed by atoms with van der Waals surface area (Å²) in [6.07, 6.45) is 30.8. The minimum Gasteiger partial charge on any atom is -0.460 e. The number of rotatable bonds is 14. The number of carbonyl (C=O) groups excluding carboxylic acids is 9. The number of esters is 2. The smallest absolute Gasteiger partial charge is 0.329 e. The molecule has 32 heteroatoms. The fourth-order valence-corrected chi connectivity index (χ4v) is 21.8. The minimum atomic E-state index is -2.84. The average Bonchev–Trinajstić information content (AvgIpc) is 1.10. The number of hydrogen-bond donors (Lipinski definition) is 3. The highest BCUT2D eigenvalue weighted by Crippen LogP contribution is 2.44. The molecule has 2 aromatic rings. The lowest BCUT2D eigenvalue weighted by Crippen LogP contribution is -2.62. The number of piperidine rings is 2. The van der Waals surface area contributed by atoms with Crippen molar-refractivity contribution in [2.45, 2.75) is 367 Å². The van der Waals surface area contributed by atoms with Gasteiger partial charge < -0.3 is 72.5 Å². The third-order valence-corrected chi connectivity index (χ3v) is 30.9. The van der Waals surface area contributed by atoms with E-state index in [-0.39, 0.29) is 140 Å². The Hall–Kier alpha value is -8.41. The van der Waals surface area contributed by atoms with Crippen LogP contribution >= 0.6 is 0 Å². The number of ketones is 5. The molecule has 8 aliphatic rings. The molecule has 32 nitrogen and oxygen atoms in total. The number of nitrogens with zero attached hydrogens (tertiary/aromatic N) is 10. The van der Waals surface area contributed by atoms with E-state index in [0.29, 0.717) is 107 Å². The molecule has 10 rings (SSSR count). The number of fused-ring (bicyclic) bond motifs is 6. The first-order valence-corrected chi connectivity index (χ1v) is 50.5. The van der Waals surface area contributed by atoms with Gasteiger partial charge in [0.2, 0.25) is 5.78 Å². The largest absolute Gasteiger partial charge is 0.460 e. The van der Waals surface area contributed by atoms with Crippen LogP contribution in [0.3, 0.4) is 0 Å². The normalized spacial score (nSPS) is 38.1. The number of carbonyl (C=O) groups is 9. The van der Waals surface area contributed by atoms with Crippen LogP contribution in [-0.2, 0) is 90.5 Å². The SMILES string of the molecule is C=C1[C@H](C)C[C@H](C)/C=C/C=C/C=C(\C)[C@@H](OC)C[C@@H]2CC[C@@H](C)C(=O)C(O)(O2)C(=O)N2CCCC[C@H]2C(=O)O[C@H]([C@H](C)C[C@@H]2CC[C@H](n3cnnn3)[C@H](OC)C2)CC(=O)[C@H](C)/C=C(\C)[C@@H](O)[C@H]1OC.CO[C@H]1C[C@@H]2CC[C@@H](C)[C@@](C)(O2)C(=O)C(=O)N2CCCC[C@H]2C(=O)O[C@H]([C@H](C)C[C@@H]2CC[C@H](n3cnnn3)[C@H](OC)C2)CC(=O)[C@H](C)/C=C(\C)[C@@H](O)[C@@H](OC)C(=O)[C@H](C)C[C@H](C)/C=C/C=CC=C1C. The van der Waals surface area contributed by atoms with E-state index in [0.717, 1.165) is 48.8 Å². The highest BCUT2D eigenvalue weighted by Gasteiger charge is 2.56. The summed E-state index contributed by atoms with van der Waals surface area (Å²) in [5.41, 5.74) is 2.12. The predicted octanol–water partition coefficient (Wildman–Crippen LogP) is 14.2. The molecule has 6 fully saturated rings. The molecule has 6 aliphatic heterocycles. The van der Waals surface area contributed by atoms with E-state index in [4.69, 9.17) is 47.4 Å². The standard InChI is InChI=1S/2C53H81N5O11/c1-32-17-13-12-14-18-33(2)44(65-9)29-40-22-20-38(7)53(8,69-40)50(62)51(63)57-24-16-15-19-42(57)52(64)68-45(35(4)27-39-21-23-41(46(28-39)66-10)58-31-54-55-56-58)30-43(59)34(3)26-37(6)48(61)49(67-11)47(60)36(5)25-32;1-32-17-13-12-14-18-33(2)45(65-9)29-41-22-20-34(3)50(61)53(64,69-41)52(63)57-24-16-15-19-43(57)51(62)68-46(37(6)27-40-21-23-42(47(28-40)66-10)58-31-54-55-56-58)30-44(59)36(5)26-38(7)48(60)49(67-11)39(8)35(4)25-32/h12-14,17-18,26,31-32,34-36,38-42,44-46,48-49,61H,15-16,19-25,27-30H2,1-11H3;12-14,17-18,26,31-32,34-37,40-43,45-49,60,64H,8,15-16,19-25,27-30H2,1-7,9-11H3/b14-12?,17-13+,33-18?,37-26+;14-12+,17-13+,33-18+,38-26+/t32-,34-,35-,36-,38-,39+,40+,41+,42+,44+,45+,46-,48-,49+,53-;32-,34-,35-,36-,37-,40+,41+,42+,43+,45+,46+,47-,48-,49+,53?/m11/s1. The first-order valence-electron chi connectivity index (χ1n) is 50.5. The van der Waals surface area contributed by atoms with E-state index in [1.54, 1.807) is 111 Å². The zero-order valence-corrected chi connectivity index (χ0v) is 85.9. The van der Waals surface area contributed by atoms with Crippen molar-refractivity contribution in [3.05, 3.63) is 120 Å². The van der Waals surface area contributed by atoms with Crippen molar-refractivity contribution in [1.29, 1.82) is 0 Å². The number of aromatic nitrogens is 8. The van der Waals surface area contributed by atoms with Gasteiger partial charge in [-0.15, -0.1) is 10.2 Å². The number of cyclic esters (lactones) is 2. The van der Waals surface area contributed by atoms with Gasteiger partial charge in [0.05, 0.1) is 48.7 Å². The summed E-state index contributed by atoms with van der Waals surface area (Å²) in [5.74, 6) is -10.9. The molecule has 0 spiro atoms. The van der Waals surface area contributed by atoms with Gasteiger partial charge in [-0.1, -0.05) is 149 Å². The Kier molecular flexibility index (Phi) is 44.0. The quantitative estimate of drug-likeness (QED) is 0.0684. The van der Waals surface area contributed by atoms with Crippen molar-refractivity contribution in [2.24, 2.45) is 71.0 Å². The minimum absolute atomic E-state index is 0.000204. The fourth-order valence-electron chi connectivity index (χ4n) is 21.8. The molecule has 768 valence electrons. The Labute approximate surface area is 818 Å². The second-order valence-corrected chi connectivity index (χ2v) is 41.3. The summed E-state index contributed by atoms with van der Waals surface area (Å²) in [4.78, 5) is 132. The molecule has 1 unspecified atom stereocenters. The summed E-state index contributed by atoms with van der Waals surface area (Å²) >= 11 is 0. The van der Waals surface area contributed by atoms with E-state index in [1.807, 2.05) is 103 Å². The number of aliphatic hydroxyl groups is 3. The molecule has 3 N–H and O–H groups in total. The Bertz CT molecular complexity index is 4600. The van der Waals surface area contributed by atoms with Crippen LogP contribution < -0.4 is 0 Å². The van der Waals surface area contributed by atoms with E-state index >= 15 is 0 Å². The lowest BCUT2D eigenvalue weighted by Gasteiger charge is -2.44. The molecule has 2 aliphatic carbocycles. The van der Waals surface area contributed by atoms with Crippen LogP contribution in [0.15, 0.2) is 120 Å². The van der Waals surface area contributed by atoms with Crippen LogP contribution in [0, 0.1) is 71.0 Å². The number of allylic oxidation sites excluding steroid dienone is 12. The summed E-state index contributed by atoms with van der Waals surface area (Å²) < 4.78 is 64.3. The van der Waals surface area contributed by atoms with Crippen molar-refractivity contribution >= 4 is 52.7 Å². The van der Waals surface area contributed by atoms with Crippen molar-refractivity contribution in [2.75, 3.05) is 55.7 Å². The van der Waals surface area contributed by atoms with Crippen molar-refractivity contribution in [1.82, 2.24) is 50.2 Å². The number of hydrogen-bond acceptors (Lipinski definition) is 28. The number of tetrazole rings is 2. The highest BCUT2D eigenvalue weighted by molar-refractivity contribution is 6.39. The average molecular weight is 1930 g/mol. The van der Waals surface area contributed by atoms with Gasteiger partial charge in [-0.05, 0) is 259 Å². The molecular formula is C106H162N10O22. The zero-order chi connectivity index (χ0) is 101. The number of methoxy groups -OCH3 is 6. The van der Waals surface area contributed by atoms with Crippen LogP contribution in [0.25, 0.3) is 0 Å². The molecule has 138 heavy (non-hydrogen) atoms. The number of aliphatic hydroxyl groups excluding tert-OH is 2. The van der Waals surface area contributed by atoms with Crippen molar-refractivity contribution in [3.8, 4) is 0 Å². The molecule has 2 aromatic heterocycles. The highest BCUT2D eigenvalue weighted by atomic mass is 16.6. The van der Waals surface area contributed by atoms with Gasteiger partial charge in [-0.3, -0.25) is 33.6 Å². The van der Waals surface area contributed by atoms with Gasteiger partial charge >= 0.3 is 17.7 Å². The predicted molar refractivity (Wildman–Crippen MR) is 520 cm³/mol. The van der Waals surface area contributed by atoms with E-state index < -0.39 is 131 Å². The van der Waals surface area contributed by atoms with Crippen LogP contribution in [0.1, 0.15) is 270 Å². The number of ether oxygens (including phenoxy) is 10.